The van der Waals surface area contributed by atoms with Crippen molar-refractivity contribution in [2.75, 3.05) is 17.2 Å². The molecule has 0 spiro atoms. The first-order valence-corrected chi connectivity index (χ1v) is 7.21. The third-order valence-corrected chi connectivity index (χ3v) is 3.10. The minimum Gasteiger partial charge on any atom is -0.369 e. The minimum absolute atomic E-state index is 0.0800. The molecular formula is C14H14BrFN4O. The lowest BCUT2D eigenvalue weighted by Gasteiger charge is -2.11. The number of halogens is 2. The largest absolute Gasteiger partial charge is 0.369 e. The molecule has 2 aromatic rings. The van der Waals surface area contributed by atoms with Gasteiger partial charge in [-0.15, -0.1) is 0 Å². The van der Waals surface area contributed by atoms with Crippen molar-refractivity contribution in [3.63, 3.8) is 0 Å². The van der Waals surface area contributed by atoms with E-state index < -0.39 is 11.7 Å². The molecule has 0 fully saturated rings. The van der Waals surface area contributed by atoms with E-state index in [9.17, 15) is 9.18 Å². The molecule has 1 amide bonds. The van der Waals surface area contributed by atoms with Gasteiger partial charge in [-0.2, -0.15) is 0 Å². The molecule has 0 aliphatic rings. The van der Waals surface area contributed by atoms with Gasteiger partial charge in [0.05, 0.1) is 17.4 Å². The zero-order valence-electron chi connectivity index (χ0n) is 11.4. The van der Waals surface area contributed by atoms with Gasteiger partial charge in [-0.1, -0.05) is 6.92 Å². The normalized spacial score (nSPS) is 10.2. The monoisotopic (exact) mass is 352 g/mol. The number of carbonyl (C=O) groups excluding carboxylic acids is 1. The van der Waals surface area contributed by atoms with Crippen LogP contribution in [-0.4, -0.2) is 22.4 Å². The maximum atomic E-state index is 13.5. The van der Waals surface area contributed by atoms with E-state index in [4.69, 9.17) is 0 Å². The molecule has 0 saturated heterocycles. The third-order valence-electron chi connectivity index (χ3n) is 2.66. The molecule has 2 aromatic heterocycles. The zero-order chi connectivity index (χ0) is 15.2. The average molecular weight is 353 g/mol. The van der Waals surface area contributed by atoms with Gasteiger partial charge >= 0.3 is 0 Å². The first-order valence-electron chi connectivity index (χ1n) is 6.42. The number of carbonyl (C=O) groups is 1. The predicted molar refractivity (Wildman–Crippen MR) is 82.9 cm³/mol. The first kappa shape index (κ1) is 15.4. The van der Waals surface area contributed by atoms with Crippen molar-refractivity contribution in [3.05, 3.63) is 46.6 Å². The van der Waals surface area contributed by atoms with E-state index in [2.05, 4.69) is 36.5 Å². The second-order valence-corrected chi connectivity index (χ2v) is 5.20. The molecule has 7 heteroatoms. The average Bonchev–Trinajstić information content (AvgIpc) is 2.48. The highest BCUT2D eigenvalue weighted by Gasteiger charge is 2.15. The van der Waals surface area contributed by atoms with Crippen molar-refractivity contribution in [1.29, 1.82) is 0 Å². The molecule has 0 saturated carbocycles. The molecule has 0 aliphatic carbocycles. The van der Waals surface area contributed by atoms with Crippen molar-refractivity contribution in [2.45, 2.75) is 13.3 Å². The second kappa shape index (κ2) is 7.12. The van der Waals surface area contributed by atoms with Gasteiger partial charge in [0.15, 0.2) is 5.82 Å². The summed E-state index contributed by atoms with van der Waals surface area (Å²) in [6, 6.07) is 3.04. The quantitative estimate of drug-likeness (QED) is 0.864. The number of hydrogen-bond donors (Lipinski definition) is 2. The topological polar surface area (TPSA) is 66.9 Å². The highest BCUT2D eigenvalue weighted by Crippen LogP contribution is 2.20. The van der Waals surface area contributed by atoms with Crippen molar-refractivity contribution < 1.29 is 9.18 Å². The highest BCUT2D eigenvalue weighted by molar-refractivity contribution is 9.10. The van der Waals surface area contributed by atoms with Crippen LogP contribution < -0.4 is 10.6 Å². The van der Waals surface area contributed by atoms with Crippen LogP contribution in [0.3, 0.4) is 0 Å². The molecular weight excluding hydrogens is 339 g/mol. The summed E-state index contributed by atoms with van der Waals surface area (Å²) in [5, 5.41) is 5.59. The number of hydrogen-bond acceptors (Lipinski definition) is 4. The molecule has 0 atom stereocenters. The SMILES string of the molecule is CCCNc1ncc(Br)cc1C(=O)Nc1ccncc1F. The number of anilines is 2. The van der Waals surface area contributed by atoms with E-state index in [1.54, 1.807) is 12.3 Å². The molecule has 110 valence electrons. The molecule has 2 N–H and O–H groups in total. The Balaban J connectivity index is 2.25. The number of nitrogens with zero attached hydrogens (tertiary/aromatic N) is 2. The van der Waals surface area contributed by atoms with Gasteiger partial charge in [0, 0.05) is 23.4 Å². The minimum atomic E-state index is -0.586. The number of aromatic nitrogens is 2. The van der Waals surface area contributed by atoms with Crippen LogP contribution in [0, 0.1) is 5.82 Å². The van der Waals surface area contributed by atoms with Crippen LogP contribution in [-0.2, 0) is 0 Å². The van der Waals surface area contributed by atoms with Gasteiger partial charge in [0.1, 0.15) is 5.82 Å². The maximum Gasteiger partial charge on any atom is 0.259 e. The zero-order valence-corrected chi connectivity index (χ0v) is 12.9. The smallest absolute Gasteiger partial charge is 0.259 e. The van der Waals surface area contributed by atoms with Gasteiger partial charge < -0.3 is 10.6 Å². The lowest BCUT2D eigenvalue weighted by Crippen LogP contribution is -2.17. The molecule has 2 rings (SSSR count). The van der Waals surface area contributed by atoms with Crippen molar-refractivity contribution in [3.8, 4) is 0 Å². The van der Waals surface area contributed by atoms with Gasteiger partial charge in [-0.25, -0.2) is 9.37 Å². The van der Waals surface area contributed by atoms with Crippen molar-refractivity contribution in [1.82, 2.24) is 9.97 Å². The third kappa shape index (κ3) is 3.98. The van der Waals surface area contributed by atoms with Crippen LogP contribution in [0.15, 0.2) is 35.2 Å². The lowest BCUT2D eigenvalue weighted by atomic mass is 10.2. The first-order chi connectivity index (χ1) is 10.1. The maximum absolute atomic E-state index is 13.5. The summed E-state index contributed by atoms with van der Waals surface area (Å²) in [5.41, 5.74) is 0.422. The molecule has 0 unspecified atom stereocenters. The van der Waals surface area contributed by atoms with Gasteiger partial charge in [-0.05, 0) is 34.5 Å². The standard InChI is InChI=1S/C14H14BrFN4O/c1-2-4-18-13-10(6-9(15)7-19-13)14(21)20-12-3-5-17-8-11(12)16/h3,5-8H,2,4H2,1H3,(H,18,19)(H,17,20,21). The Kier molecular flexibility index (Phi) is 5.21. The van der Waals surface area contributed by atoms with E-state index >= 15 is 0 Å². The predicted octanol–water partition coefficient (Wildman–Crippen LogP) is 3.45. The Morgan fingerprint density at radius 3 is 2.95 bits per heavy atom. The molecule has 21 heavy (non-hydrogen) atoms. The number of amides is 1. The Morgan fingerprint density at radius 1 is 1.43 bits per heavy atom. The van der Waals surface area contributed by atoms with Crippen LogP contribution in [0.2, 0.25) is 0 Å². The second-order valence-electron chi connectivity index (χ2n) is 4.29. The summed E-state index contributed by atoms with van der Waals surface area (Å²) in [6.45, 7) is 2.70. The van der Waals surface area contributed by atoms with Crippen LogP contribution >= 0.6 is 15.9 Å². The van der Waals surface area contributed by atoms with Gasteiger partial charge in [0.2, 0.25) is 0 Å². The van der Waals surface area contributed by atoms with Crippen molar-refractivity contribution >= 4 is 33.3 Å². The van der Waals surface area contributed by atoms with E-state index in [-0.39, 0.29) is 5.69 Å². The molecule has 5 nitrogen and oxygen atoms in total. The van der Waals surface area contributed by atoms with E-state index in [0.717, 1.165) is 12.6 Å². The summed E-state index contributed by atoms with van der Waals surface area (Å²) in [6.07, 6.45) is 4.96. The van der Waals surface area contributed by atoms with Crippen LogP contribution in [0.4, 0.5) is 15.9 Å². The summed E-state index contributed by atoms with van der Waals surface area (Å²) in [5.74, 6) is -0.559. The van der Waals surface area contributed by atoms with Gasteiger partial charge in [0.25, 0.3) is 5.91 Å². The van der Waals surface area contributed by atoms with E-state index in [1.807, 2.05) is 6.92 Å². The van der Waals surface area contributed by atoms with Crippen LogP contribution in [0.5, 0.6) is 0 Å². The molecule has 0 radical (unpaired) electrons. The van der Waals surface area contributed by atoms with Crippen LogP contribution in [0.25, 0.3) is 0 Å². The number of rotatable bonds is 5. The molecule has 0 aromatic carbocycles. The van der Waals surface area contributed by atoms with E-state index in [1.165, 1.54) is 12.3 Å². The fraction of sp³-hybridized carbons (Fsp3) is 0.214. The fourth-order valence-corrected chi connectivity index (χ4v) is 1.99. The molecule has 0 aliphatic heterocycles. The lowest BCUT2D eigenvalue weighted by molar-refractivity contribution is 0.102. The number of pyridine rings is 2. The highest BCUT2D eigenvalue weighted by atomic mass is 79.9. The van der Waals surface area contributed by atoms with Gasteiger partial charge in [-0.3, -0.25) is 9.78 Å². The number of nitrogens with one attached hydrogen (secondary N) is 2. The summed E-state index contributed by atoms with van der Waals surface area (Å²) in [7, 11) is 0. The van der Waals surface area contributed by atoms with Crippen molar-refractivity contribution in [2.24, 2.45) is 0 Å². The Morgan fingerprint density at radius 2 is 2.24 bits per heavy atom. The Hall–Kier alpha value is -2.02. The summed E-state index contributed by atoms with van der Waals surface area (Å²) in [4.78, 5) is 20.1. The summed E-state index contributed by atoms with van der Waals surface area (Å²) < 4.78 is 14.2. The fourth-order valence-electron chi connectivity index (χ4n) is 1.66. The van der Waals surface area contributed by atoms with E-state index in [0.29, 0.717) is 22.4 Å². The molecule has 0 bridgehead atoms. The Bertz CT molecular complexity index is 651. The molecule has 2 heterocycles. The Labute approximate surface area is 130 Å². The summed E-state index contributed by atoms with van der Waals surface area (Å²) >= 11 is 3.28. The van der Waals surface area contributed by atoms with Crippen LogP contribution in [0.1, 0.15) is 23.7 Å².